The SMILES string of the molecule is O=C(Nc1nnc(CCCCc2nnc(NC(=O)[C@@H](O)[C@H](O)c3ccccc3)s2)s1)[C@@H](O)[C@H](O)c1ccccc1. The zero-order valence-corrected chi connectivity index (χ0v) is 22.8. The number of anilines is 2. The summed E-state index contributed by atoms with van der Waals surface area (Å²) in [7, 11) is 0. The average Bonchev–Trinajstić information content (AvgIpc) is 3.63. The van der Waals surface area contributed by atoms with Crippen molar-refractivity contribution in [1.29, 1.82) is 0 Å². The number of nitrogens with zero attached hydrogens (tertiary/aromatic N) is 4. The number of amides is 2. The summed E-state index contributed by atoms with van der Waals surface area (Å²) in [6.07, 6.45) is -3.34. The molecule has 4 aromatic rings. The number of carbonyl (C=O) groups is 2. The Balaban J connectivity index is 1.18. The van der Waals surface area contributed by atoms with Crippen molar-refractivity contribution in [2.24, 2.45) is 0 Å². The zero-order valence-electron chi connectivity index (χ0n) is 21.1. The molecule has 0 saturated heterocycles. The van der Waals surface area contributed by atoms with E-state index in [0.717, 1.165) is 12.8 Å². The molecule has 210 valence electrons. The van der Waals surface area contributed by atoms with Gasteiger partial charge in [-0.05, 0) is 24.0 Å². The van der Waals surface area contributed by atoms with Crippen molar-refractivity contribution in [3.05, 3.63) is 81.8 Å². The molecule has 0 saturated carbocycles. The lowest BCUT2D eigenvalue weighted by Crippen LogP contribution is -2.33. The van der Waals surface area contributed by atoms with E-state index in [9.17, 15) is 30.0 Å². The number of aliphatic hydroxyl groups excluding tert-OH is 4. The second kappa shape index (κ2) is 14.1. The van der Waals surface area contributed by atoms with Crippen LogP contribution in [0.3, 0.4) is 0 Å². The van der Waals surface area contributed by atoms with Gasteiger partial charge in [-0.3, -0.25) is 20.2 Å². The minimum absolute atomic E-state index is 0.225. The molecule has 0 aliphatic heterocycles. The molecular weight excluding hydrogens is 556 g/mol. The number of unbranched alkanes of at least 4 members (excludes halogenated alkanes) is 1. The summed E-state index contributed by atoms with van der Waals surface area (Å²) in [5, 5.41) is 63.6. The first-order chi connectivity index (χ1) is 19.3. The number of hydrogen-bond acceptors (Lipinski definition) is 12. The van der Waals surface area contributed by atoms with Gasteiger partial charge in [0.1, 0.15) is 22.2 Å². The van der Waals surface area contributed by atoms with Crippen molar-refractivity contribution in [2.75, 3.05) is 10.6 Å². The molecule has 14 heteroatoms. The van der Waals surface area contributed by atoms with Gasteiger partial charge in [0, 0.05) is 12.8 Å². The lowest BCUT2D eigenvalue weighted by atomic mass is 10.0. The molecule has 6 N–H and O–H groups in total. The third-order valence-corrected chi connectivity index (χ3v) is 7.64. The van der Waals surface area contributed by atoms with Crippen LogP contribution < -0.4 is 10.6 Å². The molecule has 0 aliphatic carbocycles. The summed E-state index contributed by atoms with van der Waals surface area (Å²) < 4.78 is 0. The highest BCUT2D eigenvalue weighted by Gasteiger charge is 2.27. The van der Waals surface area contributed by atoms with Gasteiger partial charge in [-0.1, -0.05) is 83.3 Å². The predicted octanol–water partition coefficient (Wildman–Crippen LogP) is 2.02. The molecule has 0 aliphatic rings. The number of rotatable bonds is 13. The molecule has 2 aromatic heterocycles. The van der Waals surface area contributed by atoms with E-state index in [1.165, 1.54) is 22.7 Å². The third-order valence-electron chi connectivity index (χ3n) is 5.84. The fourth-order valence-corrected chi connectivity index (χ4v) is 5.24. The summed E-state index contributed by atoms with van der Waals surface area (Å²) in [4.78, 5) is 24.6. The van der Waals surface area contributed by atoms with Crippen molar-refractivity contribution in [1.82, 2.24) is 20.4 Å². The minimum atomic E-state index is -1.66. The Hall–Kier alpha value is -3.66. The van der Waals surface area contributed by atoms with Gasteiger partial charge in [0.2, 0.25) is 10.3 Å². The van der Waals surface area contributed by atoms with Crippen LogP contribution in [0, 0.1) is 0 Å². The van der Waals surface area contributed by atoms with Gasteiger partial charge in [0.15, 0.2) is 12.2 Å². The molecule has 2 amide bonds. The fraction of sp³-hybridized carbons (Fsp3) is 0.308. The van der Waals surface area contributed by atoms with E-state index in [4.69, 9.17) is 0 Å². The monoisotopic (exact) mass is 584 g/mol. The molecule has 0 unspecified atom stereocenters. The molecule has 4 atom stereocenters. The first-order valence-electron chi connectivity index (χ1n) is 12.4. The lowest BCUT2D eigenvalue weighted by molar-refractivity contribution is -0.130. The zero-order chi connectivity index (χ0) is 28.5. The maximum atomic E-state index is 12.3. The van der Waals surface area contributed by atoms with Gasteiger partial charge < -0.3 is 20.4 Å². The summed E-state index contributed by atoms with van der Waals surface area (Å²) in [6.45, 7) is 0. The van der Waals surface area contributed by atoms with Crippen LogP contribution >= 0.6 is 22.7 Å². The summed E-state index contributed by atoms with van der Waals surface area (Å²) in [5.74, 6) is -1.55. The smallest absolute Gasteiger partial charge is 0.258 e. The maximum Gasteiger partial charge on any atom is 0.258 e. The van der Waals surface area contributed by atoms with E-state index in [-0.39, 0.29) is 10.3 Å². The van der Waals surface area contributed by atoms with Crippen LogP contribution in [0.1, 0.15) is 46.2 Å². The van der Waals surface area contributed by atoms with Crippen LogP contribution in [-0.2, 0) is 22.4 Å². The van der Waals surface area contributed by atoms with Gasteiger partial charge in [0.05, 0.1) is 0 Å². The molecule has 0 spiro atoms. The number of hydrogen-bond donors (Lipinski definition) is 6. The number of carbonyl (C=O) groups excluding carboxylic acids is 2. The number of nitrogens with one attached hydrogen (secondary N) is 2. The van der Waals surface area contributed by atoms with Crippen molar-refractivity contribution in [3.63, 3.8) is 0 Å². The van der Waals surface area contributed by atoms with E-state index >= 15 is 0 Å². The Morgan fingerprint density at radius 2 is 1.00 bits per heavy atom. The van der Waals surface area contributed by atoms with Crippen LogP contribution in [0.2, 0.25) is 0 Å². The molecule has 0 fully saturated rings. The van der Waals surface area contributed by atoms with Crippen molar-refractivity contribution >= 4 is 44.8 Å². The van der Waals surface area contributed by atoms with Crippen LogP contribution in [0.5, 0.6) is 0 Å². The molecule has 40 heavy (non-hydrogen) atoms. The van der Waals surface area contributed by atoms with Gasteiger partial charge >= 0.3 is 0 Å². The minimum Gasteiger partial charge on any atom is -0.385 e. The maximum absolute atomic E-state index is 12.3. The number of benzene rings is 2. The summed E-state index contributed by atoms with van der Waals surface area (Å²) in [5.41, 5.74) is 0.847. The number of aliphatic hydroxyl groups is 4. The second-order valence-corrected chi connectivity index (χ2v) is 10.9. The number of aryl methyl sites for hydroxylation is 2. The highest BCUT2D eigenvalue weighted by molar-refractivity contribution is 7.15. The first-order valence-corrected chi connectivity index (χ1v) is 14.0. The van der Waals surface area contributed by atoms with E-state index in [2.05, 4.69) is 31.0 Å². The standard InChI is InChI=1S/C26H28N6O6S2/c33-19(15-9-3-1-4-10-15)21(35)23(37)27-25-31-29-17(39-25)13-7-8-14-18-30-32-26(40-18)28-24(38)22(36)20(34)16-11-5-2-6-12-16/h1-6,9-12,19-22,33-36H,7-8,13-14H2,(H,27,31,37)(H,28,32,38)/t19-,20-,21+,22+/m1/s1. The number of aromatic nitrogens is 4. The molecule has 2 heterocycles. The van der Waals surface area contributed by atoms with Gasteiger partial charge in [0.25, 0.3) is 11.8 Å². The molecule has 0 bridgehead atoms. The first kappa shape index (κ1) is 29.3. The molecule has 12 nitrogen and oxygen atoms in total. The van der Waals surface area contributed by atoms with Crippen molar-refractivity contribution in [2.45, 2.75) is 50.1 Å². The normalized spacial score (nSPS) is 14.2. The van der Waals surface area contributed by atoms with Crippen molar-refractivity contribution < 1.29 is 30.0 Å². The highest BCUT2D eigenvalue weighted by atomic mass is 32.1. The van der Waals surface area contributed by atoms with Crippen molar-refractivity contribution in [3.8, 4) is 0 Å². The molecule has 0 radical (unpaired) electrons. The molecular formula is C26H28N6O6S2. The molecule has 2 aromatic carbocycles. The van der Waals surface area contributed by atoms with Gasteiger partial charge in [-0.2, -0.15) is 0 Å². The summed E-state index contributed by atoms with van der Waals surface area (Å²) >= 11 is 2.37. The van der Waals surface area contributed by atoms with E-state index < -0.39 is 36.2 Å². The van der Waals surface area contributed by atoms with Crippen LogP contribution in [0.4, 0.5) is 10.3 Å². The average molecular weight is 585 g/mol. The Morgan fingerprint density at radius 3 is 1.38 bits per heavy atom. The lowest BCUT2D eigenvalue weighted by Gasteiger charge is -2.16. The predicted molar refractivity (Wildman–Crippen MR) is 149 cm³/mol. The Labute approximate surface area is 237 Å². The Kier molecular flexibility index (Phi) is 10.3. The van der Waals surface area contributed by atoms with Crippen LogP contribution in [-0.4, -0.2) is 64.8 Å². The third kappa shape index (κ3) is 7.94. The van der Waals surface area contributed by atoms with Gasteiger partial charge in [-0.25, -0.2) is 0 Å². The van der Waals surface area contributed by atoms with Crippen LogP contribution in [0.15, 0.2) is 60.7 Å². The fourth-order valence-electron chi connectivity index (χ4n) is 3.67. The Bertz CT molecular complexity index is 1280. The van der Waals surface area contributed by atoms with E-state index in [0.29, 0.717) is 34.0 Å². The second-order valence-electron chi connectivity index (χ2n) is 8.79. The van der Waals surface area contributed by atoms with E-state index in [1.54, 1.807) is 60.7 Å². The largest absolute Gasteiger partial charge is 0.385 e. The Morgan fingerprint density at radius 1 is 0.625 bits per heavy atom. The highest BCUT2D eigenvalue weighted by Crippen LogP contribution is 2.23. The molecule has 4 rings (SSSR count). The summed E-state index contributed by atoms with van der Waals surface area (Å²) in [6, 6.07) is 16.8. The topological polar surface area (TPSA) is 191 Å². The van der Waals surface area contributed by atoms with Gasteiger partial charge in [-0.15, -0.1) is 20.4 Å². The van der Waals surface area contributed by atoms with Crippen LogP contribution in [0.25, 0.3) is 0 Å². The van der Waals surface area contributed by atoms with E-state index in [1.807, 2.05) is 0 Å². The quantitative estimate of drug-likeness (QED) is 0.127.